The second-order valence-corrected chi connectivity index (χ2v) is 4.75. The fourth-order valence-electron chi connectivity index (χ4n) is 1.75. The predicted molar refractivity (Wildman–Crippen MR) is 69.7 cm³/mol. The minimum Gasteiger partial charge on any atom is -0.301 e. The fraction of sp³-hybridized carbons (Fsp3) is 1.00. The Morgan fingerprint density at radius 2 is 1.75 bits per heavy atom. The predicted octanol–water partition coefficient (Wildman–Crippen LogP) is 2.79. The zero-order valence-electron chi connectivity index (χ0n) is 11.8. The molecule has 0 bridgehead atoms. The molecular weight excluding hydrogens is 203 g/mol. The number of halogens is 1. The van der Waals surface area contributed by atoms with Crippen molar-refractivity contribution in [3.63, 3.8) is 0 Å². The quantitative estimate of drug-likeness (QED) is 0.719. The molecule has 0 aromatic rings. The summed E-state index contributed by atoms with van der Waals surface area (Å²) in [6.07, 6.45) is -0.00646. The fourth-order valence-corrected chi connectivity index (χ4v) is 1.75. The molecule has 0 aromatic carbocycles. The Hall–Kier alpha value is -0.150. The molecule has 0 spiro atoms. The molecule has 1 unspecified atom stereocenters. The Bertz CT molecular complexity index is 163. The van der Waals surface area contributed by atoms with Crippen molar-refractivity contribution in [3.05, 3.63) is 0 Å². The van der Waals surface area contributed by atoms with E-state index in [9.17, 15) is 4.39 Å². The molecule has 3 heteroatoms. The lowest BCUT2D eigenvalue weighted by Crippen LogP contribution is -2.60. The smallest absolute Gasteiger partial charge is 0.0985 e. The molecule has 2 nitrogen and oxygen atoms in total. The van der Waals surface area contributed by atoms with E-state index in [-0.39, 0.29) is 0 Å². The molecule has 0 amide bonds. The third-order valence-corrected chi connectivity index (χ3v) is 3.12. The normalized spacial score (nSPS) is 19.3. The molecule has 1 saturated heterocycles. The topological polar surface area (TPSA) is 6.48 Å². The Morgan fingerprint density at radius 3 is 2.12 bits per heavy atom. The summed E-state index contributed by atoms with van der Waals surface area (Å²) in [6.45, 7) is 13.3. The van der Waals surface area contributed by atoms with Crippen molar-refractivity contribution < 1.29 is 4.39 Å². The summed E-state index contributed by atoms with van der Waals surface area (Å²) in [5, 5.41) is 0. The van der Waals surface area contributed by atoms with Crippen molar-refractivity contribution in [3.8, 4) is 0 Å². The van der Waals surface area contributed by atoms with Gasteiger partial charge in [0.2, 0.25) is 0 Å². The van der Waals surface area contributed by atoms with Gasteiger partial charge in [-0.15, -0.1) is 0 Å². The van der Waals surface area contributed by atoms with Crippen molar-refractivity contribution >= 4 is 0 Å². The maximum atomic E-state index is 12.6. The average molecular weight is 232 g/mol. The molecule has 16 heavy (non-hydrogen) atoms. The van der Waals surface area contributed by atoms with E-state index in [2.05, 4.69) is 30.7 Å². The van der Waals surface area contributed by atoms with E-state index in [1.165, 1.54) is 0 Å². The van der Waals surface area contributed by atoms with E-state index in [0.717, 1.165) is 19.6 Å². The summed E-state index contributed by atoms with van der Waals surface area (Å²) in [7, 11) is 2.10. The second-order valence-electron chi connectivity index (χ2n) is 4.75. The Kier molecular flexibility index (Phi) is 7.94. The van der Waals surface area contributed by atoms with Crippen LogP contribution < -0.4 is 0 Å². The van der Waals surface area contributed by atoms with Crippen molar-refractivity contribution in [2.45, 2.75) is 59.3 Å². The molecule has 0 N–H and O–H groups in total. The highest BCUT2D eigenvalue weighted by molar-refractivity contribution is 4.88. The van der Waals surface area contributed by atoms with Crippen LogP contribution in [-0.2, 0) is 0 Å². The van der Waals surface area contributed by atoms with E-state index >= 15 is 0 Å². The van der Waals surface area contributed by atoms with Crippen LogP contribution in [0.4, 0.5) is 4.39 Å². The number of rotatable bonds is 5. The van der Waals surface area contributed by atoms with Gasteiger partial charge in [-0.05, 0) is 34.2 Å². The van der Waals surface area contributed by atoms with Crippen LogP contribution >= 0.6 is 0 Å². The van der Waals surface area contributed by atoms with Gasteiger partial charge in [-0.1, -0.05) is 13.8 Å². The maximum absolute atomic E-state index is 12.6. The lowest BCUT2D eigenvalue weighted by atomic mass is 10.1. The first kappa shape index (κ1) is 15.9. The largest absolute Gasteiger partial charge is 0.301 e. The minimum atomic E-state index is -0.668. The summed E-state index contributed by atoms with van der Waals surface area (Å²) in [6, 6.07) is 1.30. The Labute approximate surface area is 101 Å². The molecule has 1 aliphatic rings. The first-order valence-corrected chi connectivity index (χ1v) is 6.59. The monoisotopic (exact) mass is 232 g/mol. The van der Waals surface area contributed by atoms with Crippen molar-refractivity contribution in [2.24, 2.45) is 0 Å². The van der Waals surface area contributed by atoms with E-state index in [4.69, 9.17) is 0 Å². The SMILES string of the molecule is CC.CC(F)CCN(C)C1CN(C(C)C)C1. The van der Waals surface area contributed by atoms with Crippen LogP contribution in [0, 0.1) is 0 Å². The van der Waals surface area contributed by atoms with Crippen LogP contribution in [-0.4, -0.2) is 54.7 Å². The van der Waals surface area contributed by atoms with Crippen molar-refractivity contribution in [1.29, 1.82) is 0 Å². The molecule has 1 rings (SSSR count). The number of hydrogen-bond acceptors (Lipinski definition) is 2. The van der Waals surface area contributed by atoms with Gasteiger partial charge in [-0.25, -0.2) is 4.39 Å². The lowest BCUT2D eigenvalue weighted by molar-refractivity contribution is 0.0242. The first-order chi connectivity index (χ1) is 7.50. The van der Waals surface area contributed by atoms with Crippen LogP contribution in [0.1, 0.15) is 41.0 Å². The third-order valence-electron chi connectivity index (χ3n) is 3.12. The Morgan fingerprint density at radius 1 is 1.25 bits per heavy atom. The third kappa shape index (κ3) is 5.26. The number of alkyl halides is 1. The van der Waals surface area contributed by atoms with Gasteiger partial charge in [0.1, 0.15) is 0 Å². The number of nitrogens with zero attached hydrogens (tertiary/aromatic N) is 2. The van der Waals surface area contributed by atoms with Crippen LogP contribution in [0.2, 0.25) is 0 Å². The van der Waals surface area contributed by atoms with Gasteiger partial charge < -0.3 is 4.90 Å². The van der Waals surface area contributed by atoms with Gasteiger partial charge >= 0.3 is 0 Å². The highest BCUT2D eigenvalue weighted by Gasteiger charge is 2.30. The van der Waals surface area contributed by atoms with Crippen molar-refractivity contribution in [1.82, 2.24) is 9.80 Å². The van der Waals surface area contributed by atoms with Gasteiger partial charge in [0, 0.05) is 31.7 Å². The lowest BCUT2D eigenvalue weighted by Gasteiger charge is -2.46. The minimum absolute atomic E-state index is 0.649. The molecule has 1 aliphatic heterocycles. The van der Waals surface area contributed by atoms with Crippen LogP contribution in [0.15, 0.2) is 0 Å². The van der Waals surface area contributed by atoms with Gasteiger partial charge in [0.25, 0.3) is 0 Å². The summed E-state index contributed by atoms with van der Waals surface area (Å²) >= 11 is 0. The number of likely N-dealkylation sites (N-methyl/N-ethyl adjacent to an activating group) is 1. The van der Waals surface area contributed by atoms with E-state index < -0.39 is 6.17 Å². The summed E-state index contributed by atoms with van der Waals surface area (Å²) in [5.41, 5.74) is 0. The molecule has 0 radical (unpaired) electrons. The van der Waals surface area contributed by atoms with Gasteiger partial charge in [0.15, 0.2) is 0 Å². The molecule has 98 valence electrons. The molecule has 1 atom stereocenters. The molecule has 1 fully saturated rings. The van der Waals surface area contributed by atoms with E-state index in [0.29, 0.717) is 18.5 Å². The zero-order valence-corrected chi connectivity index (χ0v) is 11.8. The second kappa shape index (κ2) is 8.02. The van der Waals surface area contributed by atoms with Gasteiger partial charge in [0.05, 0.1) is 6.17 Å². The first-order valence-electron chi connectivity index (χ1n) is 6.59. The maximum Gasteiger partial charge on any atom is 0.0985 e. The summed E-state index contributed by atoms with van der Waals surface area (Å²) in [4.78, 5) is 4.73. The van der Waals surface area contributed by atoms with Crippen LogP contribution in [0.25, 0.3) is 0 Å². The summed E-state index contributed by atoms with van der Waals surface area (Å²) in [5.74, 6) is 0. The number of hydrogen-bond donors (Lipinski definition) is 0. The van der Waals surface area contributed by atoms with Gasteiger partial charge in [-0.3, -0.25) is 4.90 Å². The highest BCUT2D eigenvalue weighted by Crippen LogP contribution is 2.16. The van der Waals surface area contributed by atoms with Crippen molar-refractivity contribution in [2.75, 3.05) is 26.7 Å². The standard InChI is InChI=1S/C11H23FN2.C2H6/c1-9(2)14-7-11(8-14)13(4)6-5-10(3)12;1-2/h9-11H,5-8H2,1-4H3;1-2H3. The van der Waals surface area contributed by atoms with E-state index in [1.807, 2.05) is 13.8 Å². The molecule has 0 aliphatic carbocycles. The molecule has 0 saturated carbocycles. The molecule has 0 aromatic heterocycles. The highest BCUT2D eigenvalue weighted by atomic mass is 19.1. The average Bonchev–Trinajstić information content (AvgIpc) is 2.15. The number of likely N-dealkylation sites (tertiary alicyclic amines) is 1. The molecule has 1 heterocycles. The van der Waals surface area contributed by atoms with E-state index in [1.54, 1.807) is 6.92 Å². The van der Waals surface area contributed by atoms with Crippen LogP contribution in [0.3, 0.4) is 0 Å². The zero-order chi connectivity index (χ0) is 12.7. The van der Waals surface area contributed by atoms with Crippen LogP contribution in [0.5, 0.6) is 0 Å². The van der Waals surface area contributed by atoms with Gasteiger partial charge in [-0.2, -0.15) is 0 Å². The summed E-state index contributed by atoms with van der Waals surface area (Å²) < 4.78 is 12.6. The Balaban J connectivity index is 0.00000106. The molecular formula is C13H29FN2.